The molecule has 1 aromatic rings. The maximum Gasteiger partial charge on any atom is 0.461 e. The predicted octanol–water partition coefficient (Wildman–Crippen LogP) is 3.44. The van der Waals surface area contributed by atoms with Crippen LogP contribution in [0.2, 0.25) is 0 Å². The molecule has 0 saturated heterocycles. The van der Waals surface area contributed by atoms with Crippen molar-refractivity contribution < 1.29 is 22.3 Å². The van der Waals surface area contributed by atoms with Gasteiger partial charge in [0.2, 0.25) is 0 Å². The van der Waals surface area contributed by atoms with Crippen LogP contribution in [0.3, 0.4) is 0 Å². The van der Waals surface area contributed by atoms with E-state index in [0.717, 1.165) is 6.20 Å². The topological polar surface area (TPSA) is 22.1 Å². The Labute approximate surface area is 90.3 Å². The number of rotatable bonds is 4. The number of hydrogen-bond donors (Lipinski definition) is 0. The van der Waals surface area contributed by atoms with Gasteiger partial charge in [-0.15, -0.1) is 0 Å². The minimum Gasteiger partial charge on any atom is -0.427 e. The number of aromatic nitrogens is 1. The standard InChI is InChI=1S/C10H11F4NO/c1-6(2)7-3-8(5-15-4-7)16-10(13,14)9(11)12/h3-6,9H,1-2H3. The van der Waals surface area contributed by atoms with Crippen LogP contribution in [0.15, 0.2) is 18.5 Å². The smallest absolute Gasteiger partial charge is 0.427 e. The molecule has 1 aromatic heterocycles. The summed E-state index contributed by atoms with van der Waals surface area (Å²) in [6, 6.07) is 1.27. The highest BCUT2D eigenvalue weighted by atomic mass is 19.3. The van der Waals surface area contributed by atoms with Crippen molar-refractivity contribution in [3.8, 4) is 5.75 Å². The van der Waals surface area contributed by atoms with Crippen molar-refractivity contribution in [2.24, 2.45) is 0 Å². The van der Waals surface area contributed by atoms with Gasteiger partial charge in [-0.1, -0.05) is 13.8 Å². The van der Waals surface area contributed by atoms with Gasteiger partial charge in [0, 0.05) is 6.20 Å². The van der Waals surface area contributed by atoms with Crippen LogP contribution in [-0.4, -0.2) is 17.5 Å². The zero-order valence-corrected chi connectivity index (χ0v) is 8.75. The molecule has 0 atom stereocenters. The maximum absolute atomic E-state index is 12.6. The summed E-state index contributed by atoms with van der Waals surface area (Å²) in [4.78, 5) is 3.65. The van der Waals surface area contributed by atoms with Crippen molar-refractivity contribution in [1.29, 1.82) is 0 Å². The number of alkyl halides is 4. The first-order valence-electron chi connectivity index (χ1n) is 4.63. The van der Waals surface area contributed by atoms with Gasteiger partial charge in [0.25, 0.3) is 0 Å². The van der Waals surface area contributed by atoms with Crippen molar-refractivity contribution in [2.75, 3.05) is 0 Å². The molecule has 0 aromatic carbocycles. The molecule has 0 fully saturated rings. The van der Waals surface area contributed by atoms with Crippen molar-refractivity contribution in [3.05, 3.63) is 24.0 Å². The van der Waals surface area contributed by atoms with E-state index in [2.05, 4.69) is 9.72 Å². The molecule has 0 aliphatic heterocycles. The Morgan fingerprint density at radius 2 is 1.88 bits per heavy atom. The number of ether oxygens (including phenoxy) is 1. The minimum absolute atomic E-state index is 0.0521. The largest absolute Gasteiger partial charge is 0.461 e. The van der Waals surface area contributed by atoms with E-state index in [9.17, 15) is 17.6 Å². The molecule has 6 heteroatoms. The Morgan fingerprint density at radius 1 is 1.25 bits per heavy atom. The third kappa shape index (κ3) is 3.08. The SMILES string of the molecule is CC(C)c1cncc(OC(F)(F)C(F)F)c1. The van der Waals surface area contributed by atoms with Gasteiger partial charge in [-0.3, -0.25) is 4.98 Å². The number of nitrogens with zero attached hydrogens (tertiary/aromatic N) is 1. The predicted molar refractivity (Wildman–Crippen MR) is 49.9 cm³/mol. The molecule has 16 heavy (non-hydrogen) atoms. The molecular formula is C10H11F4NO. The Kier molecular flexibility index (Phi) is 3.72. The monoisotopic (exact) mass is 237 g/mol. The summed E-state index contributed by atoms with van der Waals surface area (Å²) in [5.74, 6) is -0.312. The molecule has 0 saturated carbocycles. The van der Waals surface area contributed by atoms with Crippen molar-refractivity contribution in [2.45, 2.75) is 32.3 Å². The van der Waals surface area contributed by atoms with Gasteiger partial charge in [-0.05, 0) is 17.5 Å². The Morgan fingerprint density at radius 3 is 2.38 bits per heavy atom. The van der Waals surface area contributed by atoms with E-state index >= 15 is 0 Å². The number of pyridine rings is 1. The molecule has 0 amide bonds. The second-order valence-electron chi connectivity index (χ2n) is 3.57. The van der Waals surface area contributed by atoms with E-state index < -0.39 is 12.5 Å². The highest BCUT2D eigenvalue weighted by molar-refractivity contribution is 5.25. The lowest BCUT2D eigenvalue weighted by Crippen LogP contribution is -2.33. The number of hydrogen-bond acceptors (Lipinski definition) is 2. The molecule has 2 nitrogen and oxygen atoms in total. The third-order valence-corrected chi connectivity index (χ3v) is 1.91. The molecule has 1 rings (SSSR count). The molecule has 0 spiro atoms. The van der Waals surface area contributed by atoms with E-state index in [4.69, 9.17) is 0 Å². The highest BCUT2D eigenvalue weighted by Gasteiger charge is 2.44. The maximum atomic E-state index is 12.6. The second kappa shape index (κ2) is 4.67. The van der Waals surface area contributed by atoms with Gasteiger partial charge in [0.05, 0.1) is 6.20 Å². The summed E-state index contributed by atoms with van der Waals surface area (Å²) in [6.07, 6.45) is -5.91. The zero-order valence-electron chi connectivity index (χ0n) is 8.75. The first-order chi connectivity index (χ1) is 7.33. The van der Waals surface area contributed by atoms with Crippen LogP contribution in [0.4, 0.5) is 17.6 Å². The Bertz CT molecular complexity index is 354. The van der Waals surface area contributed by atoms with E-state index in [-0.39, 0.29) is 11.7 Å². The summed E-state index contributed by atoms with van der Waals surface area (Å²) >= 11 is 0. The lowest BCUT2D eigenvalue weighted by atomic mass is 10.1. The van der Waals surface area contributed by atoms with E-state index in [1.54, 1.807) is 0 Å². The second-order valence-corrected chi connectivity index (χ2v) is 3.57. The summed E-state index contributed by atoms with van der Waals surface area (Å²) in [6.45, 7) is 3.65. The van der Waals surface area contributed by atoms with Crippen LogP contribution in [0.1, 0.15) is 25.3 Å². The molecule has 90 valence electrons. The van der Waals surface area contributed by atoms with E-state index in [1.165, 1.54) is 12.3 Å². The zero-order chi connectivity index (χ0) is 12.3. The normalized spacial score (nSPS) is 12.2. The molecule has 0 aliphatic rings. The van der Waals surface area contributed by atoms with Crippen LogP contribution in [0, 0.1) is 0 Å². The Hall–Kier alpha value is -1.33. The van der Waals surface area contributed by atoms with Gasteiger partial charge in [-0.2, -0.15) is 17.6 Å². The molecular weight excluding hydrogens is 226 g/mol. The fraction of sp³-hybridized carbons (Fsp3) is 0.500. The van der Waals surface area contributed by atoms with E-state index in [0.29, 0.717) is 5.56 Å². The lowest BCUT2D eigenvalue weighted by molar-refractivity contribution is -0.253. The molecule has 0 radical (unpaired) electrons. The van der Waals surface area contributed by atoms with Crippen LogP contribution in [0.25, 0.3) is 0 Å². The minimum atomic E-state index is -4.49. The highest BCUT2D eigenvalue weighted by Crippen LogP contribution is 2.28. The van der Waals surface area contributed by atoms with Gasteiger partial charge < -0.3 is 4.74 Å². The molecule has 1 heterocycles. The summed E-state index contributed by atoms with van der Waals surface area (Å²) in [5.41, 5.74) is 0.641. The average molecular weight is 237 g/mol. The average Bonchev–Trinajstić information content (AvgIpc) is 2.17. The van der Waals surface area contributed by atoms with Crippen molar-refractivity contribution in [3.63, 3.8) is 0 Å². The fourth-order valence-electron chi connectivity index (χ4n) is 1.01. The van der Waals surface area contributed by atoms with Crippen molar-refractivity contribution in [1.82, 2.24) is 4.98 Å². The first kappa shape index (κ1) is 12.7. The summed E-state index contributed by atoms with van der Waals surface area (Å²) in [7, 11) is 0. The molecule has 0 N–H and O–H groups in total. The lowest BCUT2D eigenvalue weighted by Gasteiger charge is -2.17. The third-order valence-electron chi connectivity index (χ3n) is 1.91. The molecule has 0 bridgehead atoms. The van der Waals surface area contributed by atoms with Crippen LogP contribution < -0.4 is 4.74 Å². The van der Waals surface area contributed by atoms with Crippen molar-refractivity contribution >= 4 is 0 Å². The van der Waals surface area contributed by atoms with Gasteiger partial charge >= 0.3 is 12.5 Å². The molecule has 0 aliphatic carbocycles. The van der Waals surface area contributed by atoms with Gasteiger partial charge in [0.1, 0.15) is 5.75 Å². The summed E-state index contributed by atoms with van der Waals surface area (Å²) < 4.78 is 52.8. The van der Waals surface area contributed by atoms with E-state index in [1.807, 2.05) is 13.8 Å². The molecule has 0 unspecified atom stereocenters. The van der Waals surface area contributed by atoms with Crippen LogP contribution >= 0.6 is 0 Å². The van der Waals surface area contributed by atoms with Crippen LogP contribution in [0.5, 0.6) is 5.75 Å². The first-order valence-corrected chi connectivity index (χ1v) is 4.63. The quantitative estimate of drug-likeness (QED) is 0.748. The number of halogens is 4. The van der Waals surface area contributed by atoms with Crippen LogP contribution in [-0.2, 0) is 0 Å². The summed E-state index contributed by atoms with van der Waals surface area (Å²) in [5, 5.41) is 0. The van der Waals surface area contributed by atoms with Gasteiger partial charge in [0.15, 0.2) is 0 Å². The Balaban J connectivity index is 2.86. The fourth-order valence-corrected chi connectivity index (χ4v) is 1.01. The van der Waals surface area contributed by atoms with Gasteiger partial charge in [-0.25, -0.2) is 0 Å².